The van der Waals surface area contributed by atoms with Gasteiger partial charge >= 0.3 is 0 Å². The molecule has 1 aliphatic rings. The molecular formula is C20H13N5O3. The number of nitrogens with zero attached hydrogens (tertiary/aromatic N) is 4. The molecule has 2 aromatic heterocycles. The number of hydrogen-bond donors (Lipinski definition) is 1. The largest absolute Gasteiger partial charge is 0.291 e. The first kappa shape index (κ1) is 16.1. The Kier molecular flexibility index (Phi) is 3.45. The van der Waals surface area contributed by atoms with Crippen LogP contribution in [0.4, 0.5) is 5.82 Å². The van der Waals surface area contributed by atoms with E-state index < -0.39 is 17.4 Å². The van der Waals surface area contributed by atoms with Crippen LogP contribution in [0.5, 0.6) is 0 Å². The zero-order valence-corrected chi connectivity index (χ0v) is 14.5. The van der Waals surface area contributed by atoms with Crippen molar-refractivity contribution in [1.82, 2.24) is 19.6 Å². The van der Waals surface area contributed by atoms with Crippen molar-refractivity contribution in [2.24, 2.45) is 0 Å². The van der Waals surface area contributed by atoms with E-state index >= 15 is 0 Å². The van der Waals surface area contributed by atoms with Gasteiger partial charge in [-0.15, -0.1) is 5.10 Å². The molecule has 1 N–H and O–H groups in total. The normalized spacial score (nSPS) is 13.4. The number of fused-ring (bicyclic) bond motifs is 2. The van der Waals surface area contributed by atoms with Gasteiger partial charge in [0.1, 0.15) is 0 Å². The van der Waals surface area contributed by atoms with Crippen molar-refractivity contribution in [1.29, 1.82) is 0 Å². The second kappa shape index (κ2) is 5.98. The fourth-order valence-electron chi connectivity index (χ4n) is 3.33. The minimum absolute atomic E-state index is 0.0664. The summed E-state index contributed by atoms with van der Waals surface area (Å²) < 4.78 is 1.32. The van der Waals surface area contributed by atoms with Crippen LogP contribution in [0.2, 0.25) is 0 Å². The molecule has 0 saturated carbocycles. The Labute approximate surface area is 158 Å². The van der Waals surface area contributed by atoms with Crippen molar-refractivity contribution in [3.05, 3.63) is 93.5 Å². The molecule has 0 aliphatic carbocycles. The summed E-state index contributed by atoms with van der Waals surface area (Å²) in [6.07, 6.45) is 0.451. The number of benzene rings is 2. The lowest BCUT2D eigenvalue weighted by Gasteiger charge is -2.13. The van der Waals surface area contributed by atoms with Crippen molar-refractivity contribution in [2.45, 2.75) is 6.42 Å². The number of aromatic amines is 1. The van der Waals surface area contributed by atoms with Gasteiger partial charge in [0.15, 0.2) is 11.6 Å². The Morgan fingerprint density at radius 1 is 0.857 bits per heavy atom. The molecule has 0 atom stereocenters. The summed E-state index contributed by atoms with van der Waals surface area (Å²) in [6, 6.07) is 17.4. The standard InChI is InChI=1S/C20H13N5O3/c26-16-11-17(24-18(27)13-8-4-5-9-14(13)19(24)28)25-20(22-16)21-15(23-25)10-12-6-2-1-3-7-12/h1-9,11H,10H2,(H,21,22,23,26). The Morgan fingerprint density at radius 2 is 1.50 bits per heavy atom. The van der Waals surface area contributed by atoms with Crippen molar-refractivity contribution in [3.8, 4) is 0 Å². The number of hydrogen-bond acceptors (Lipinski definition) is 5. The smallest absolute Gasteiger partial charge is 0.267 e. The molecule has 0 saturated heterocycles. The number of nitrogens with one attached hydrogen (secondary N) is 1. The fraction of sp³-hybridized carbons (Fsp3) is 0.0500. The molecular weight excluding hydrogens is 358 g/mol. The van der Waals surface area contributed by atoms with Crippen LogP contribution < -0.4 is 10.5 Å². The predicted octanol–water partition coefficient (Wildman–Crippen LogP) is 1.81. The first-order chi connectivity index (χ1) is 13.6. The number of rotatable bonds is 3. The lowest BCUT2D eigenvalue weighted by molar-refractivity contribution is 0.0924. The van der Waals surface area contributed by atoms with Crippen molar-refractivity contribution in [2.75, 3.05) is 4.90 Å². The van der Waals surface area contributed by atoms with Gasteiger partial charge in [-0.25, -0.2) is 4.90 Å². The molecule has 0 spiro atoms. The first-order valence-electron chi connectivity index (χ1n) is 8.62. The Bertz CT molecular complexity index is 1270. The van der Waals surface area contributed by atoms with Gasteiger partial charge in [-0.1, -0.05) is 42.5 Å². The van der Waals surface area contributed by atoms with Crippen LogP contribution in [-0.4, -0.2) is 31.4 Å². The van der Waals surface area contributed by atoms with Gasteiger partial charge in [-0.2, -0.15) is 9.50 Å². The molecule has 0 unspecified atom stereocenters. The van der Waals surface area contributed by atoms with Crippen LogP contribution >= 0.6 is 0 Å². The molecule has 8 heteroatoms. The molecule has 5 rings (SSSR count). The van der Waals surface area contributed by atoms with Crippen molar-refractivity contribution >= 4 is 23.4 Å². The van der Waals surface area contributed by atoms with Gasteiger partial charge in [0.2, 0.25) is 5.78 Å². The summed E-state index contributed by atoms with van der Waals surface area (Å²) in [6.45, 7) is 0. The highest BCUT2D eigenvalue weighted by atomic mass is 16.2. The lowest BCUT2D eigenvalue weighted by atomic mass is 10.1. The van der Waals surface area contributed by atoms with Gasteiger partial charge in [-0.3, -0.25) is 19.4 Å². The number of H-pyrrole nitrogens is 1. The second-order valence-electron chi connectivity index (χ2n) is 6.41. The highest BCUT2D eigenvalue weighted by Gasteiger charge is 2.38. The predicted molar refractivity (Wildman–Crippen MR) is 100 cm³/mol. The maximum Gasteiger partial charge on any atom is 0.267 e. The molecule has 8 nitrogen and oxygen atoms in total. The Hall–Kier alpha value is -4.07. The van der Waals surface area contributed by atoms with Crippen LogP contribution in [0.1, 0.15) is 32.1 Å². The SMILES string of the molecule is O=C1c2ccccc2C(=O)N1c1cc(=O)[nH]c2nc(Cc3ccccc3)nn12. The second-order valence-corrected chi connectivity index (χ2v) is 6.41. The van der Waals surface area contributed by atoms with E-state index in [1.165, 1.54) is 10.6 Å². The van der Waals surface area contributed by atoms with E-state index in [4.69, 9.17) is 0 Å². The maximum absolute atomic E-state index is 12.8. The zero-order valence-electron chi connectivity index (χ0n) is 14.5. The quantitative estimate of drug-likeness (QED) is 0.554. The average Bonchev–Trinajstić information content (AvgIpc) is 3.21. The third-order valence-electron chi connectivity index (χ3n) is 4.59. The summed E-state index contributed by atoms with van der Waals surface area (Å²) >= 11 is 0. The number of aromatic nitrogens is 4. The number of anilines is 1. The monoisotopic (exact) mass is 371 g/mol. The first-order valence-corrected chi connectivity index (χ1v) is 8.62. The molecule has 0 bridgehead atoms. The van der Waals surface area contributed by atoms with Crippen LogP contribution in [-0.2, 0) is 6.42 Å². The van der Waals surface area contributed by atoms with E-state index in [2.05, 4.69) is 15.1 Å². The zero-order chi connectivity index (χ0) is 19.3. The van der Waals surface area contributed by atoms with E-state index in [-0.39, 0.29) is 11.6 Å². The van der Waals surface area contributed by atoms with Gasteiger partial charge in [0.05, 0.1) is 11.1 Å². The molecule has 0 fully saturated rings. The van der Waals surface area contributed by atoms with Crippen LogP contribution in [0.25, 0.3) is 5.78 Å². The van der Waals surface area contributed by atoms with Crippen molar-refractivity contribution < 1.29 is 9.59 Å². The van der Waals surface area contributed by atoms with E-state index in [9.17, 15) is 14.4 Å². The summed E-state index contributed by atoms with van der Waals surface area (Å²) in [5.74, 6) is -0.284. The highest BCUT2D eigenvalue weighted by molar-refractivity contribution is 6.34. The van der Waals surface area contributed by atoms with Gasteiger partial charge in [0, 0.05) is 12.5 Å². The van der Waals surface area contributed by atoms with Gasteiger partial charge < -0.3 is 0 Å². The molecule has 2 amide bonds. The summed E-state index contributed by atoms with van der Waals surface area (Å²) in [7, 11) is 0. The molecule has 136 valence electrons. The summed E-state index contributed by atoms with van der Waals surface area (Å²) in [5.41, 5.74) is 1.12. The number of carbonyl (C=O) groups excluding carboxylic acids is 2. The van der Waals surface area contributed by atoms with Crippen molar-refractivity contribution in [3.63, 3.8) is 0 Å². The molecule has 4 aromatic rings. The number of imide groups is 1. The number of amides is 2. The molecule has 1 aliphatic heterocycles. The lowest BCUT2D eigenvalue weighted by Crippen LogP contribution is -2.32. The molecule has 28 heavy (non-hydrogen) atoms. The molecule has 2 aromatic carbocycles. The van der Waals surface area contributed by atoms with Crippen LogP contribution in [0.3, 0.4) is 0 Å². The fourth-order valence-corrected chi connectivity index (χ4v) is 3.33. The summed E-state index contributed by atoms with van der Waals surface area (Å²) in [4.78, 5) is 45.6. The Balaban J connectivity index is 1.63. The number of carbonyl (C=O) groups is 2. The maximum atomic E-state index is 12.8. The minimum Gasteiger partial charge on any atom is -0.291 e. The van der Waals surface area contributed by atoms with E-state index in [0.717, 1.165) is 10.5 Å². The highest BCUT2D eigenvalue weighted by Crippen LogP contribution is 2.27. The van der Waals surface area contributed by atoms with Crippen LogP contribution in [0, 0.1) is 0 Å². The van der Waals surface area contributed by atoms with Gasteiger partial charge in [-0.05, 0) is 17.7 Å². The minimum atomic E-state index is -0.493. The molecule has 0 radical (unpaired) electrons. The van der Waals surface area contributed by atoms with E-state index in [0.29, 0.717) is 23.4 Å². The van der Waals surface area contributed by atoms with E-state index in [1.807, 2.05) is 30.3 Å². The topological polar surface area (TPSA) is 100 Å². The third-order valence-corrected chi connectivity index (χ3v) is 4.59. The summed E-state index contributed by atoms with van der Waals surface area (Å²) in [5, 5.41) is 4.41. The average molecular weight is 371 g/mol. The van der Waals surface area contributed by atoms with E-state index in [1.54, 1.807) is 24.3 Å². The molecule has 3 heterocycles. The Morgan fingerprint density at radius 3 is 2.18 bits per heavy atom. The van der Waals surface area contributed by atoms with Gasteiger partial charge in [0.25, 0.3) is 17.4 Å². The third kappa shape index (κ3) is 2.43. The van der Waals surface area contributed by atoms with Crippen LogP contribution in [0.15, 0.2) is 65.5 Å².